The predicted octanol–water partition coefficient (Wildman–Crippen LogP) is 4.00. The zero-order valence-corrected chi connectivity index (χ0v) is 18.9. The highest BCUT2D eigenvalue weighted by Crippen LogP contribution is 2.27. The number of nitrogens with one attached hydrogen (secondary N) is 1. The minimum Gasteiger partial charge on any atom is -0.496 e. The maximum absolute atomic E-state index is 12.7. The second kappa shape index (κ2) is 9.50. The number of aryl methyl sites for hydroxylation is 2. The minimum atomic E-state index is -3.68. The van der Waals surface area contributed by atoms with Crippen LogP contribution in [-0.2, 0) is 14.8 Å². The van der Waals surface area contributed by atoms with E-state index in [2.05, 4.69) is 5.32 Å². The van der Waals surface area contributed by atoms with E-state index in [4.69, 9.17) is 16.3 Å². The van der Waals surface area contributed by atoms with Crippen molar-refractivity contribution in [1.82, 2.24) is 5.32 Å². The zero-order valence-electron chi connectivity index (χ0n) is 17.3. The molecule has 0 aliphatic rings. The van der Waals surface area contributed by atoms with E-state index < -0.39 is 15.9 Å². The van der Waals surface area contributed by atoms with Crippen LogP contribution in [0.3, 0.4) is 0 Å². The molecule has 0 unspecified atom stereocenters. The third-order valence-corrected chi connectivity index (χ3v) is 6.05. The third kappa shape index (κ3) is 5.87. The molecular formula is C21H27ClN2O4S. The fourth-order valence-corrected chi connectivity index (χ4v) is 4.21. The lowest BCUT2D eigenvalue weighted by molar-refractivity contribution is -0.120. The van der Waals surface area contributed by atoms with Crippen LogP contribution in [0.25, 0.3) is 0 Å². The molecular weight excluding hydrogens is 412 g/mol. The first-order valence-corrected chi connectivity index (χ1v) is 11.5. The lowest BCUT2D eigenvalue weighted by Crippen LogP contribution is -2.41. The quantitative estimate of drug-likeness (QED) is 0.675. The summed E-state index contributed by atoms with van der Waals surface area (Å²) in [5, 5.41) is 3.34. The van der Waals surface area contributed by atoms with Crippen molar-refractivity contribution < 1.29 is 17.9 Å². The molecule has 29 heavy (non-hydrogen) atoms. The number of nitrogens with zero attached hydrogens (tertiary/aromatic N) is 1. The molecule has 2 aromatic carbocycles. The van der Waals surface area contributed by atoms with Crippen LogP contribution in [-0.4, -0.2) is 34.2 Å². The minimum absolute atomic E-state index is 0.242. The molecule has 0 aliphatic carbocycles. The molecule has 0 bridgehead atoms. The Labute approximate surface area is 177 Å². The first-order valence-electron chi connectivity index (χ1n) is 9.24. The number of carbonyl (C=O) groups excluding carboxylic acids is 1. The number of amides is 1. The Bertz CT molecular complexity index is 992. The summed E-state index contributed by atoms with van der Waals surface area (Å²) < 4.78 is 31.1. The van der Waals surface area contributed by atoms with E-state index in [1.54, 1.807) is 32.2 Å². The van der Waals surface area contributed by atoms with Gasteiger partial charge in [0.1, 0.15) is 12.3 Å². The molecule has 0 heterocycles. The smallest absolute Gasteiger partial charge is 0.241 e. The Morgan fingerprint density at radius 1 is 1.17 bits per heavy atom. The topological polar surface area (TPSA) is 75.7 Å². The predicted molar refractivity (Wildman–Crippen MR) is 117 cm³/mol. The standard InChI is InChI=1S/C21H27ClN2O4S/c1-6-18(16-8-10-20(28-4)15(3)11-16)23-21(25)13-24(29(5,26)27)19-12-17(22)9-7-14(19)2/h7-12,18H,6,13H2,1-5H3,(H,23,25)/t18-/m1/s1. The van der Waals surface area contributed by atoms with Gasteiger partial charge in [-0.05, 0) is 55.2 Å². The molecule has 0 aliphatic heterocycles. The number of anilines is 1. The van der Waals surface area contributed by atoms with Crippen molar-refractivity contribution in [3.8, 4) is 5.75 Å². The van der Waals surface area contributed by atoms with Gasteiger partial charge in [-0.2, -0.15) is 0 Å². The lowest BCUT2D eigenvalue weighted by atomic mass is 10.0. The van der Waals surface area contributed by atoms with E-state index in [-0.39, 0.29) is 12.6 Å². The largest absolute Gasteiger partial charge is 0.496 e. The molecule has 1 N–H and O–H groups in total. The summed E-state index contributed by atoms with van der Waals surface area (Å²) in [6, 6.07) is 10.4. The van der Waals surface area contributed by atoms with Gasteiger partial charge in [0.15, 0.2) is 0 Å². The fourth-order valence-electron chi connectivity index (χ4n) is 3.14. The lowest BCUT2D eigenvalue weighted by Gasteiger charge is -2.25. The Hall–Kier alpha value is -2.25. The number of halogens is 1. The molecule has 158 valence electrons. The van der Waals surface area contributed by atoms with Crippen molar-refractivity contribution in [2.24, 2.45) is 0 Å². The molecule has 0 fully saturated rings. The molecule has 0 spiro atoms. The maximum atomic E-state index is 12.7. The van der Waals surface area contributed by atoms with Crippen molar-refractivity contribution >= 4 is 33.2 Å². The number of rotatable bonds is 8. The number of hydrogen-bond donors (Lipinski definition) is 1. The molecule has 6 nitrogen and oxygen atoms in total. The van der Waals surface area contributed by atoms with Gasteiger partial charge < -0.3 is 10.1 Å². The highest BCUT2D eigenvalue weighted by molar-refractivity contribution is 7.92. The molecule has 0 saturated heterocycles. The summed E-state index contributed by atoms with van der Waals surface area (Å²) in [4.78, 5) is 12.7. The number of carbonyl (C=O) groups is 1. The molecule has 0 saturated carbocycles. The van der Waals surface area contributed by atoms with Crippen LogP contribution in [0.15, 0.2) is 36.4 Å². The Balaban J connectivity index is 2.25. The van der Waals surface area contributed by atoms with Crippen LogP contribution in [0.1, 0.15) is 36.1 Å². The van der Waals surface area contributed by atoms with Gasteiger partial charge in [-0.25, -0.2) is 8.42 Å². The van der Waals surface area contributed by atoms with Gasteiger partial charge in [0.25, 0.3) is 0 Å². The maximum Gasteiger partial charge on any atom is 0.241 e. The first kappa shape index (κ1) is 23.0. The van der Waals surface area contributed by atoms with E-state index in [1.165, 1.54) is 0 Å². The molecule has 0 aromatic heterocycles. The highest BCUT2D eigenvalue weighted by Gasteiger charge is 2.24. The van der Waals surface area contributed by atoms with Gasteiger partial charge >= 0.3 is 0 Å². The van der Waals surface area contributed by atoms with Crippen LogP contribution in [0.5, 0.6) is 5.75 Å². The molecule has 1 amide bonds. The van der Waals surface area contributed by atoms with Gasteiger partial charge in [-0.15, -0.1) is 0 Å². The summed E-state index contributed by atoms with van der Waals surface area (Å²) in [6.07, 6.45) is 1.73. The van der Waals surface area contributed by atoms with Crippen LogP contribution >= 0.6 is 11.6 Å². The number of sulfonamides is 1. The molecule has 0 radical (unpaired) electrons. The second-order valence-electron chi connectivity index (χ2n) is 6.96. The van der Waals surface area contributed by atoms with Crippen molar-refractivity contribution in [1.29, 1.82) is 0 Å². The highest BCUT2D eigenvalue weighted by atomic mass is 35.5. The van der Waals surface area contributed by atoms with Gasteiger partial charge in [0, 0.05) is 5.02 Å². The molecule has 2 rings (SSSR count). The molecule has 1 atom stereocenters. The number of ether oxygens (including phenoxy) is 1. The van der Waals surface area contributed by atoms with Gasteiger partial charge in [0.2, 0.25) is 15.9 Å². The van der Waals surface area contributed by atoms with Crippen molar-refractivity contribution in [2.45, 2.75) is 33.2 Å². The molecule has 8 heteroatoms. The van der Waals surface area contributed by atoms with Crippen molar-refractivity contribution in [3.63, 3.8) is 0 Å². The van der Waals surface area contributed by atoms with Crippen LogP contribution in [0, 0.1) is 13.8 Å². The first-order chi connectivity index (χ1) is 13.6. The summed E-state index contributed by atoms with van der Waals surface area (Å²) in [5.74, 6) is 0.379. The van der Waals surface area contributed by atoms with E-state index in [0.29, 0.717) is 22.7 Å². The van der Waals surface area contributed by atoms with Crippen LogP contribution < -0.4 is 14.4 Å². The van der Waals surface area contributed by atoms with E-state index in [9.17, 15) is 13.2 Å². The fraction of sp³-hybridized carbons (Fsp3) is 0.381. The summed E-state index contributed by atoms with van der Waals surface area (Å²) in [5.41, 5.74) is 3.00. The Morgan fingerprint density at radius 2 is 1.86 bits per heavy atom. The number of benzene rings is 2. The Morgan fingerprint density at radius 3 is 2.41 bits per heavy atom. The summed E-state index contributed by atoms with van der Waals surface area (Å²) in [7, 11) is -2.07. The average Bonchev–Trinajstić information content (AvgIpc) is 2.65. The number of methoxy groups -OCH3 is 1. The van der Waals surface area contributed by atoms with Crippen molar-refractivity contribution in [3.05, 3.63) is 58.1 Å². The third-order valence-electron chi connectivity index (χ3n) is 4.69. The van der Waals surface area contributed by atoms with Gasteiger partial charge in [-0.1, -0.05) is 36.7 Å². The summed E-state index contributed by atoms with van der Waals surface area (Å²) >= 11 is 6.04. The van der Waals surface area contributed by atoms with Crippen molar-refractivity contribution in [2.75, 3.05) is 24.2 Å². The van der Waals surface area contributed by atoms with E-state index in [1.807, 2.05) is 32.0 Å². The average molecular weight is 439 g/mol. The van der Waals surface area contributed by atoms with Crippen LogP contribution in [0.2, 0.25) is 5.02 Å². The zero-order chi connectivity index (χ0) is 21.8. The number of hydrogen-bond acceptors (Lipinski definition) is 4. The normalized spacial score (nSPS) is 12.3. The SMILES string of the molecule is CC[C@@H](NC(=O)CN(c1cc(Cl)ccc1C)S(C)(=O)=O)c1ccc(OC)c(C)c1. The Kier molecular flexibility index (Phi) is 7.54. The molecule has 2 aromatic rings. The van der Waals surface area contributed by atoms with E-state index >= 15 is 0 Å². The van der Waals surface area contributed by atoms with Gasteiger partial charge in [0.05, 0.1) is 25.1 Å². The summed E-state index contributed by atoms with van der Waals surface area (Å²) in [6.45, 7) is 5.34. The van der Waals surface area contributed by atoms with E-state index in [0.717, 1.165) is 27.4 Å². The second-order valence-corrected chi connectivity index (χ2v) is 9.30. The van der Waals surface area contributed by atoms with Gasteiger partial charge in [-0.3, -0.25) is 9.10 Å². The van der Waals surface area contributed by atoms with Crippen LogP contribution in [0.4, 0.5) is 5.69 Å². The monoisotopic (exact) mass is 438 g/mol.